The zero-order valence-electron chi connectivity index (χ0n) is 15.3. The molecule has 0 aliphatic carbocycles. The highest BCUT2D eigenvalue weighted by Crippen LogP contribution is 2.35. The highest BCUT2D eigenvalue weighted by molar-refractivity contribution is 6.37. The number of piperazine rings is 1. The lowest BCUT2D eigenvalue weighted by atomic mass is 10.1. The van der Waals surface area contributed by atoms with Crippen LogP contribution in [0.2, 0.25) is 10.0 Å². The zero-order chi connectivity index (χ0) is 19.6. The number of nitrogen functional groups attached to an aromatic ring is 1. The summed E-state index contributed by atoms with van der Waals surface area (Å²) in [5.74, 6) is 0.0272. The van der Waals surface area contributed by atoms with Gasteiger partial charge in [0, 0.05) is 37.4 Å². The van der Waals surface area contributed by atoms with Crippen LogP contribution in [0.5, 0.6) is 5.75 Å². The molecule has 3 rings (SSSR count). The lowest BCUT2D eigenvalue weighted by molar-refractivity contribution is 0.102. The van der Waals surface area contributed by atoms with Crippen molar-refractivity contribution in [1.82, 2.24) is 4.90 Å². The van der Waals surface area contributed by atoms with E-state index in [9.17, 15) is 4.79 Å². The molecule has 1 aliphatic heterocycles. The smallest absolute Gasteiger partial charge is 0.255 e. The lowest BCUT2D eigenvalue weighted by Crippen LogP contribution is -2.44. The molecule has 0 saturated carbocycles. The van der Waals surface area contributed by atoms with E-state index in [1.54, 1.807) is 6.07 Å². The number of benzene rings is 2. The van der Waals surface area contributed by atoms with E-state index in [1.807, 2.05) is 12.1 Å². The van der Waals surface area contributed by atoms with Crippen molar-refractivity contribution >= 4 is 46.2 Å². The third kappa shape index (κ3) is 4.40. The van der Waals surface area contributed by atoms with Crippen LogP contribution < -0.4 is 20.7 Å². The van der Waals surface area contributed by atoms with Gasteiger partial charge in [0.15, 0.2) is 5.75 Å². The number of likely N-dealkylation sites (N-methyl/N-ethyl adjacent to an activating group) is 1. The standard InChI is InChI=1S/C19H22Cl2N4O2/c1-24-5-7-25(8-6-24)17-4-3-13(22)11-16(17)23-19(26)12-9-14(20)18(27-2)15(21)10-12/h3-4,9-11H,5-8,22H2,1-2H3,(H,23,26). The Hall–Kier alpha value is -2.15. The molecule has 0 spiro atoms. The molecule has 1 saturated heterocycles. The summed E-state index contributed by atoms with van der Waals surface area (Å²) >= 11 is 12.3. The van der Waals surface area contributed by atoms with Gasteiger partial charge in [-0.3, -0.25) is 4.79 Å². The van der Waals surface area contributed by atoms with E-state index >= 15 is 0 Å². The predicted octanol–water partition coefficient (Wildman–Crippen LogP) is 3.59. The number of nitrogens with zero attached hydrogens (tertiary/aromatic N) is 2. The number of rotatable bonds is 4. The number of nitrogens with two attached hydrogens (primary N) is 1. The number of hydrogen-bond acceptors (Lipinski definition) is 5. The minimum Gasteiger partial charge on any atom is -0.494 e. The molecule has 6 nitrogen and oxygen atoms in total. The SMILES string of the molecule is COc1c(Cl)cc(C(=O)Nc2cc(N)ccc2N2CCN(C)CC2)cc1Cl. The number of methoxy groups -OCH3 is 1. The first-order valence-corrected chi connectivity index (χ1v) is 9.32. The summed E-state index contributed by atoms with van der Waals surface area (Å²) in [7, 11) is 3.57. The molecule has 144 valence electrons. The van der Waals surface area contributed by atoms with E-state index in [1.165, 1.54) is 19.2 Å². The van der Waals surface area contributed by atoms with Crippen molar-refractivity contribution in [3.8, 4) is 5.75 Å². The van der Waals surface area contributed by atoms with E-state index in [0.29, 0.717) is 22.7 Å². The normalized spacial score (nSPS) is 14.9. The molecule has 1 fully saturated rings. The van der Waals surface area contributed by atoms with Gasteiger partial charge in [-0.05, 0) is 37.4 Å². The van der Waals surface area contributed by atoms with Crippen LogP contribution in [0.4, 0.5) is 17.1 Å². The number of halogens is 2. The average molecular weight is 409 g/mol. The largest absolute Gasteiger partial charge is 0.494 e. The van der Waals surface area contributed by atoms with E-state index in [4.69, 9.17) is 33.7 Å². The molecule has 2 aromatic rings. The van der Waals surface area contributed by atoms with Gasteiger partial charge in [0.2, 0.25) is 0 Å². The summed E-state index contributed by atoms with van der Waals surface area (Å²) in [6, 6.07) is 8.60. The van der Waals surface area contributed by atoms with Crippen molar-refractivity contribution in [1.29, 1.82) is 0 Å². The molecule has 1 heterocycles. The van der Waals surface area contributed by atoms with Crippen LogP contribution >= 0.6 is 23.2 Å². The van der Waals surface area contributed by atoms with Gasteiger partial charge in [0.05, 0.1) is 28.5 Å². The third-order valence-electron chi connectivity index (χ3n) is 4.58. The Kier molecular flexibility index (Phi) is 5.99. The summed E-state index contributed by atoms with van der Waals surface area (Å²) in [6.45, 7) is 3.68. The molecular formula is C19H22Cl2N4O2. The van der Waals surface area contributed by atoms with Gasteiger partial charge >= 0.3 is 0 Å². The number of ether oxygens (including phenoxy) is 1. The van der Waals surface area contributed by atoms with Crippen LogP contribution in [0.15, 0.2) is 30.3 Å². The topological polar surface area (TPSA) is 70.8 Å². The third-order valence-corrected chi connectivity index (χ3v) is 5.14. The number of nitrogens with one attached hydrogen (secondary N) is 1. The van der Waals surface area contributed by atoms with Crippen molar-refractivity contribution in [3.63, 3.8) is 0 Å². The van der Waals surface area contributed by atoms with Crippen LogP contribution in [0.3, 0.4) is 0 Å². The lowest BCUT2D eigenvalue weighted by Gasteiger charge is -2.35. The van der Waals surface area contributed by atoms with Crippen molar-refractivity contribution < 1.29 is 9.53 Å². The maximum atomic E-state index is 12.8. The molecular weight excluding hydrogens is 387 g/mol. The first-order valence-electron chi connectivity index (χ1n) is 8.56. The van der Waals surface area contributed by atoms with E-state index in [-0.39, 0.29) is 16.0 Å². The van der Waals surface area contributed by atoms with Gasteiger partial charge in [-0.1, -0.05) is 23.2 Å². The van der Waals surface area contributed by atoms with Gasteiger partial charge in [-0.2, -0.15) is 0 Å². The molecule has 3 N–H and O–H groups in total. The predicted molar refractivity (Wildman–Crippen MR) is 112 cm³/mol. The van der Waals surface area contributed by atoms with Crippen molar-refractivity contribution in [3.05, 3.63) is 45.9 Å². The van der Waals surface area contributed by atoms with Gasteiger partial charge in [-0.15, -0.1) is 0 Å². The van der Waals surface area contributed by atoms with Gasteiger partial charge in [0.25, 0.3) is 5.91 Å². The Morgan fingerprint density at radius 3 is 2.33 bits per heavy atom. The van der Waals surface area contributed by atoms with Gasteiger partial charge in [0.1, 0.15) is 0 Å². The fraction of sp³-hybridized carbons (Fsp3) is 0.316. The number of hydrogen-bond donors (Lipinski definition) is 2. The van der Waals surface area contributed by atoms with Crippen molar-refractivity contribution in [2.45, 2.75) is 0 Å². The quantitative estimate of drug-likeness (QED) is 0.756. The van der Waals surface area contributed by atoms with E-state index in [0.717, 1.165) is 31.9 Å². The summed E-state index contributed by atoms with van der Waals surface area (Å²) in [5, 5.41) is 3.50. The summed E-state index contributed by atoms with van der Waals surface area (Å²) in [4.78, 5) is 17.3. The Balaban J connectivity index is 1.87. The Morgan fingerprint density at radius 2 is 1.74 bits per heavy atom. The number of carbonyl (C=O) groups is 1. The van der Waals surface area contributed by atoms with Crippen LogP contribution in [0, 0.1) is 0 Å². The summed E-state index contributed by atoms with van der Waals surface area (Å²) in [5.41, 5.74) is 8.47. The molecule has 8 heteroatoms. The molecule has 0 aromatic heterocycles. The number of anilines is 3. The van der Waals surface area contributed by atoms with Gasteiger partial charge in [-0.25, -0.2) is 0 Å². The highest BCUT2D eigenvalue weighted by Gasteiger charge is 2.20. The molecule has 0 radical (unpaired) electrons. The maximum absolute atomic E-state index is 12.8. The van der Waals surface area contributed by atoms with Crippen LogP contribution in [-0.2, 0) is 0 Å². The Morgan fingerprint density at radius 1 is 1.11 bits per heavy atom. The number of amides is 1. The molecule has 1 aliphatic rings. The number of carbonyl (C=O) groups excluding carboxylic acids is 1. The summed E-state index contributed by atoms with van der Waals surface area (Å²) in [6.07, 6.45) is 0. The molecule has 0 bridgehead atoms. The second-order valence-electron chi connectivity index (χ2n) is 6.49. The molecule has 0 unspecified atom stereocenters. The average Bonchev–Trinajstić information content (AvgIpc) is 2.62. The molecule has 0 atom stereocenters. The van der Waals surface area contributed by atoms with E-state index < -0.39 is 0 Å². The second kappa shape index (κ2) is 8.25. The maximum Gasteiger partial charge on any atom is 0.255 e. The second-order valence-corrected chi connectivity index (χ2v) is 7.31. The van der Waals surface area contributed by atoms with Crippen LogP contribution in [-0.4, -0.2) is 51.1 Å². The minimum atomic E-state index is -0.317. The fourth-order valence-electron chi connectivity index (χ4n) is 3.06. The first kappa shape index (κ1) is 19.6. The minimum absolute atomic E-state index is 0.280. The Bertz CT molecular complexity index is 829. The Labute approximate surface area is 168 Å². The molecule has 27 heavy (non-hydrogen) atoms. The van der Waals surface area contributed by atoms with Crippen molar-refractivity contribution in [2.24, 2.45) is 0 Å². The highest BCUT2D eigenvalue weighted by atomic mass is 35.5. The zero-order valence-corrected chi connectivity index (χ0v) is 16.8. The summed E-state index contributed by atoms with van der Waals surface area (Å²) < 4.78 is 5.13. The fourth-order valence-corrected chi connectivity index (χ4v) is 3.70. The van der Waals surface area contributed by atoms with Crippen LogP contribution in [0.25, 0.3) is 0 Å². The van der Waals surface area contributed by atoms with Crippen molar-refractivity contribution in [2.75, 3.05) is 56.3 Å². The monoisotopic (exact) mass is 408 g/mol. The molecule has 2 aromatic carbocycles. The van der Waals surface area contributed by atoms with Gasteiger partial charge < -0.3 is 25.6 Å². The first-order chi connectivity index (χ1) is 12.9. The van der Waals surface area contributed by atoms with E-state index in [2.05, 4.69) is 22.2 Å². The van der Waals surface area contributed by atoms with Crippen LogP contribution in [0.1, 0.15) is 10.4 Å². The molecule has 1 amide bonds.